The third kappa shape index (κ3) is 10.1. The van der Waals surface area contributed by atoms with Crippen LogP contribution in [0.25, 0.3) is 0 Å². The fourth-order valence-electron chi connectivity index (χ4n) is 9.30. The number of carbonyl (C=O) groups is 2. The van der Waals surface area contributed by atoms with Crippen molar-refractivity contribution in [3.05, 3.63) is 129 Å². The summed E-state index contributed by atoms with van der Waals surface area (Å²) in [5.74, 6) is -1.74. The second-order valence-corrected chi connectivity index (χ2v) is 19.1. The van der Waals surface area contributed by atoms with E-state index in [1.54, 1.807) is 68.5 Å². The molecule has 4 aromatic rings. The molecule has 0 amide bonds. The molecule has 1 unspecified atom stereocenters. The zero-order valence-electron chi connectivity index (χ0n) is 36.1. The summed E-state index contributed by atoms with van der Waals surface area (Å²) >= 11 is 6.87. The highest BCUT2D eigenvalue weighted by Gasteiger charge is 2.52. The van der Waals surface area contributed by atoms with Crippen LogP contribution in [0, 0.1) is 5.92 Å². The normalized spacial score (nSPS) is 18.8. The number of fused-ring (bicyclic) bond motifs is 3. The van der Waals surface area contributed by atoms with Crippen molar-refractivity contribution in [1.82, 2.24) is 9.21 Å². The van der Waals surface area contributed by atoms with E-state index in [1.807, 2.05) is 36.4 Å². The molecule has 63 heavy (non-hydrogen) atoms. The van der Waals surface area contributed by atoms with Gasteiger partial charge in [-0.1, -0.05) is 48.9 Å². The Morgan fingerprint density at radius 2 is 1.60 bits per heavy atom. The number of halogens is 2. The maximum Gasteiger partial charge on any atom is 0.337 e. The smallest absolute Gasteiger partial charge is 0.337 e. The summed E-state index contributed by atoms with van der Waals surface area (Å²) in [6.07, 6.45) is 4.66. The molecule has 0 aliphatic carbocycles. The zero-order chi connectivity index (χ0) is 44.9. The van der Waals surface area contributed by atoms with Crippen molar-refractivity contribution in [3.63, 3.8) is 0 Å². The van der Waals surface area contributed by atoms with Crippen molar-refractivity contribution >= 4 is 39.3 Å². The fourth-order valence-corrected chi connectivity index (χ4v) is 11.3. The van der Waals surface area contributed by atoms with Crippen molar-refractivity contribution in [2.24, 2.45) is 5.92 Å². The molecule has 4 bridgehead atoms. The predicted octanol–water partition coefficient (Wildman–Crippen LogP) is 8.54. The van der Waals surface area contributed by atoms with Gasteiger partial charge in [-0.25, -0.2) is 17.6 Å². The van der Waals surface area contributed by atoms with Crippen LogP contribution in [-0.2, 0) is 51.2 Å². The number of carboxylic acids is 1. The minimum atomic E-state index is -3.93. The molecule has 1 spiro atoms. The van der Waals surface area contributed by atoms with Crippen LogP contribution in [0.5, 0.6) is 17.2 Å². The van der Waals surface area contributed by atoms with Crippen molar-refractivity contribution in [1.29, 1.82) is 0 Å². The van der Waals surface area contributed by atoms with Gasteiger partial charge in [-0.2, -0.15) is 4.31 Å². The number of benzene rings is 4. The highest BCUT2D eigenvalue weighted by atomic mass is 35.5. The number of likely N-dealkylation sites (tertiary alicyclic amines) is 1. The first-order chi connectivity index (χ1) is 30.2. The van der Waals surface area contributed by atoms with Gasteiger partial charge >= 0.3 is 11.9 Å². The molecule has 0 radical (unpaired) electrons. The van der Waals surface area contributed by atoms with E-state index >= 15 is 4.39 Å². The number of anilines is 1. The van der Waals surface area contributed by atoms with E-state index in [0.717, 1.165) is 47.1 Å². The molecule has 3 aliphatic rings. The molecule has 4 aromatic carbocycles. The highest BCUT2D eigenvalue weighted by Crippen LogP contribution is 2.48. The van der Waals surface area contributed by atoms with Gasteiger partial charge in [0, 0.05) is 37.7 Å². The Balaban J connectivity index is 1.19. The number of carbonyl (C=O) groups excluding carboxylic acids is 1. The molecule has 1 N–H and O–H groups in total. The Hall–Kier alpha value is -5.15. The third-order valence-corrected chi connectivity index (χ3v) is 14.7. The van der Waals surface area contributed by atoms with Crippen molar-refractivity contribution in [2.75, 3.05) is 51.6 Å². The van der Waals surface area contributed by atoms with Crippen molar-refractivity contribution in [2.45, 2.75) is 76.7 Å². The lowest BCUT2D eigenvalue weighted by Crippen LogP contribution is -2.56. The molecule has 7 rings (SSSR count). The topological polar surface area (TPSA) is 135 Å². The average Bonchev–Trinajstić information content (AvgIpc) is 3.69. The molecule has 3 aliphatic heterocycles. The second-order valence-electron chi connectivity index (χ2n) is 16.7. The zero-order valence-corrected chi connectivity index (χ0v) is 37.7. The van der Waals surface area contributed by atoms with Crippen molar-refractivity contribution in [3.8, 4) is 17.2 Å². The second kappa shape index (κ2) is 19.7. The summed E-state index contributed by atoms with van der Waals surface area (Å²) in [6, 6.07) is 21.7. The third-order valence-electron chi connectivity index (χ3n) is 12.5. The summed E-state index contributed by atoms with van der Waals surface area (Å²) < 4.78 is 69.0. The Kier molecular flexibility index (Phi) is 14.3. The molecule has 0 aromatic heterocycles. The molecule has 3 atom stereocenters. The number of carboxylic acid groups (broad SMARTS) is 1. The Morgan fingerprint density at radius 1 is 0.937 bits per heavy atom. The van der Waals surface area contributed by atoms with Crippen molar-refractivity contribution < 1.29 is 46.5 Å². The van der Waals surface area contributed by atoms with Gasteiger partial charge in [0.25, 0.3) is 0 Å². The van der Waals surface area contributed by atoms with Crippen LogP contribution in [0.2, 0.25) is 5.02 Å². The van der Waals surface area contributed by atoms with Gasteiger partial charge in [-0.05, 0) is 127 Å². The molecular weight excluding hydrogens is 849 g/mol. The number of ether oxygens (including phenoxy) is 4. The van der Waals surface area contributed by atoms with E-state index in [9.17, 15) is 23.1 Å². The first kappa shape index (κ1) is 45.9. The molecule has 12 nitrogen and oxygen atoms in total. The maximum atomic E-state index is 17.0. The van der Waals surface area contributed by atoms with Gasteiger partial charge in [0.2, 0.25) is 10.0 Å². The number of rotatable bonds is 15. The van der Waals surface area contributed by atoms with E-state index in [2.05, 4.69) is 4.90 Å². The van der Waals surface area contributed by atoms with Crippen LogP contribution < -0.4 is 19.1 Å². The molecule has 0 saturated carbocycles. The molecular formula is C48H55ClFN3O9S. The SMILES string of the molecule is COC(=O)c1ccc2c(c1)N1CCCCc3cc(Cl)cc(c3CO2)[C@]2(CCCN2C(C(=O)O)/C(F)=C/C[C@H](C)CS(=O)(=O)N(Cc2ccc(OC)cc2)Cc2ccc(OC)cc2)C1. The number of nitrogens with zero attached hydrogens (tertiary/aromatic N) is 3. The van der Waals surface area contributed by atoms with Gasteiger partial charge in [-0.15, -0.1) is 0 Å². The number of allylic oxidation sites excluding steroid dienone is 1. The average molecular weight is 904 g/mol. The van der Waals surface area contributed by atoms with Gasteiger partial charge < -0.3 is 29.0 Å². The molecule has 3 heterocycles. The predicted molar refractivity (Wildman–Crippen MR) is 240 cm³/mol. The lowest BCUT2D eigenvalue weighted by Gasteiger charge is -2.46. The van der Waals surface area contributed by atoms with Crippen LogP contribution >= 0.6 is 11.6 Å². The number of esters is 1. The summed E-state index contributed by atoms with van der Waals surface area (Å²) in [7, 11) is 0.518. The Morgan fingerprint density at radius 3 is 2.22 bits per heavy atom. The van der Waals surface area contributed by atoms with Crippen LogP contribution in [-0.4, -0.2) is 87.4 Å². The number of hydrogen-bond acceptors (Lipinski definition) is 10. The fraction of sp³-hybridized carbons (Fsp3) is 0.417. The standard InChI is InChI=1S/C48H55ClFN3O9S/c1-32(30-63(57,58)52(27-33-10-15-38(59-2)16-11-33)28-34-12-17-39(60-3)18-13-34)9-19-42(50)45(46(54)55)53-23-7-21-48(53)31-51-22-6-5-8-35-24-37(49)26-41(48)40(35)29-62-44-20-14-36(25-43(44)51)47(56)61-4/h10-20,24-26,32,45H,5-9,21-23,27-31H2,1-4H3,(H,54,55)/b42-19-/t32-,45?,48-/m0/s1. The summed E-state index contributed by atoms with van der Waals surface area (Å²) in [6.45, 7) is 3.19. The van der Waals surface area contributed by atoms with E-state index in [1.165, 1.54) is 17.5 Å². The van der Waals surface area contributed by atoms with Gasteiger partial charge in [0.1, 0.15) is 29.7 Å². The first-order valence-corrected chi connectivity index (χ1v) is 23.2. The Bertz CT molecular complexity index is 2380. The lowest BCUT2D eigenvalue weighted by molar-refractivity contribution is -0.144. The first-order valence-electron chi connectivity index (χ1n) is 21.3. The van der Waals surface area contributed by atoms with Crippen LogP contribution in [0.3, 0.4) is 0 Å². The van der Waals surface area contributed by atoms with E-state index < -0.39 is 45.3 Å². The van der Waals surface area contributed by atoms with Crippen LogP contribution in [0.4, 0.5) is 10.1 Å². The minimum absolute atomic E-state index is 0.0230. The number of methoxy groups -OCH3 is 3. The van der Waals surface area contributed by atoms with Crippen LogP contribution in [0.15, 0.2) is 90.8 Å². The summed E-state index contributed by atoms with van der Waals surface area (Å²) in [5, 5.41) is 11.4. The van der Waals surface area contributed by atoms with Gasteiger partial charge in [0.15, 0.2) is 6.04 Å². The quantitative estimate of drug-likeness (QED) is 0.115. The lowest BCUT2D eigenvalue weighted by atomic mass is 9.80. The summed E-state index contributed by atoms with van der Waals surface area (Å²) in [4.78, 5) is 30.0. The molecule has 1 saturated heterocycles. The van der Waals surface area contributed by atoms with E-state index in [-0.39, 0.29) is 45.0 Å². The maximum absolute atomic E-state index is 17.0. The number of hydrogen-bond donors (Lipinski definition) is 1. The number of aryl methyl sites for hydroxylation is 1. The number of sulfonamides is 1. The monoisotopic (exact) mass is 903 g/mol. The summed E-state index contributed by atoms with van der Waals surface area (Å²) in [5.41, 5.74) is 4.18. The van der Waals surface area contributed by atoms with E-state index in [0.29, 0.717) is 52.9 Å². The Labute approximate surface area is 374 Å². The molecule has 336 valence electrons. The van der Waals surface area contributed by atoms with Gasteiger partial charge in [-0.3, -0.25) is 9.69 Å². The van der Waals surface area contributed by atoms with Gasteiger partial charge in [0.05, 0.1) is 43.9 Å². The largest absolute Gasteiger partial charge is 0.497 e. The van der Waals surface area contributed by atoms with Crippen LogP contribution in [0.1, 0.15) is 77.2 Å². The minimum Gasteiger partial charge on any atom is -0.497 e. The molecule has 1 fully saturated rings. The number of aliphatic carboxylic acids is 1. The highest BCUT2D eigenvalue weighted by molar-refractivity contribution is 7.89. The molecule has 15 heteroatoms. The van der Waals surface area contributed by atoms with E-state index in [4.69, 9.17) is 30.5 Å².